The van der Waals surface area contributed by atoms with Gasteiger partial charge in [-0.1, -0.05) is 84.9 Å². The number of aliphatic carboxylic acids is 1. The number of carbonyl (C=O) groups is 2. The fraction of sp³-hybridized carbons (Fsp3) is 0.133. The number of aryl methyl sites for hydroxylation is 1. The van der Waals surface area contributed by atoms with Crippen molar-refractivity contribution in [3.63, 3.8) is 0 Å². The lowest BCUT2D eigenvalue weighted by Gasteiger charge is -2.16. The number of amides is 2. The number of anilines is 1. The monoisotopic (exact) mass is 543 g/mol. The molecule has 1 unspecified atom stereocenters. The van der Waals surface area contributed by atoms with Gasteiger partial charge in [-0.15, -0.1) is 0 Å². The zero-order valence-electron chi connectivity index (χ0n) is 21.3. The van der Waals surface area contributed by atoms with Crippen molar-refractivity contribution in [2.24, 2.45) is 0 Å². The molecular weight excluding hydrogens is 514 g/mol. The first-order valence-electron chi connectivity index (χ1n) is 12.3. The Kier molecular flexibility index (Phi) is 8.75. The smallest absolute Gasteiger partial charge is 0.322 e. The predicted octanol–water partition coefficient (Wildman–Crippen LogP) is 4.96. The number of carboxylic acids is 1. The number of rotatable bonds is 10. The van der Waals surface area contributed by atoms with E-state index >= 15 is 0 Å². The molecule has 39 heavy (non-hydrogen) atoms. The molecular formula is C30H29N3O5S. The Morgan fingerprint density at radius 3 is 2.18 bits per heavy atom. The minimum absolute atomic E-state index is 0.0239. The Bertz CT molecular complexity index is 1560. The minimum Gasteiger partial charge on any atom is -0.480 e. The van der Waals surface area contributed by atoms with Gasteiger partial charge >= 0.3 is 12.0 Å². The standard InChI is InChI=1S/C30H29N3O5S/c1-21-8-5-6-13-28(21)39(37,38)33-27(29(34)35)18-22-14-16-24(17-15-22)25-11-7-12-26(19-25)32-30(36)31-20-23-9-3-2-4-10-23/h2-17,19,27,33H,18,20H2,1H3,(H,34,35)(H2,31,32,36). The summed E-state index contributed by atoms with van der Waals surface area (Å²) >= 11 is 0. The third kappa shape index (κ3) is 7.53. The van der Waals surface area contributed by atoms with E-state index in [-0.39, 0.29) is 17.3 Å². The molecule has 0 radical (unpaired) electrons. The third-order valence-corrected chi connectivity index (χ3v) is 7.75. The van der Waals surface area contributed by atoms with Crippen LogP contribution in [0.5, 0.6) is 0 Å². The number of carboxylic acid groups (broad SMARTS) is 1. The van der Waals surface area contributed by atoms with Crippen LogP contribution in [0.15, 0.2) is 108 Å². The summed E-state index contributed by atoms with van der Waals surface area (Å²) in [6.45, 7) is 2.07. The third-order valence-electron chi connectivity index (χ3n) is 6.12. The summed E-state index contributed by atoms with van der Waals surface area (Å²) in [5.41, 5.74) is 4.53. The predicted molar refractivity (Wildman–Crippen MR) is 151 cm³/mol. The molecule has 0 fully saturated rings. The van der Waals surface area contributed by atoms with Crippen molar-refractivity contribution in [2.45, 2.75) is 30.8 Å². The molecule has 4 aromatic rings. The van der Waals surface area contributed by atoms with Crippen LogP contribution in [0.25, 0.3) is 11.1 Å². The van der Waals surface area contributed by atoms with Gasteiger partial charge in [0, 0.05) is 12.2 Å². The quantitative estimate of drug-likeness (QED) is 0.225. The molecule has 4 rings (SSSR count). The van der Waals surface area contributed by atoms with E-state index in [0.717, 1.165) is 16.7 Å². The van der Waals surface area contributed by atoms with Crippen molar-refractivity contribution in [3.05, 3.63) is 120 Å². The van der Waals surface area contributed by atoms with E-state index in [1.54, 1.807) is 43.3 Å². The van der Waals surface area contributed by atoms with Gasteiger partial charge in [-0.05, 0) is 59.4 Å². The van der Waals surface area contributed by atoms with E-state index in [2.05, 4.69) is 15.4 Å². The maximum Gasteiger partial charge on any atom is 0.322 e. The largest absolute Gasteiger partial charge is 0.480 e. The van der Waals surface area contributed by atoms with Crippen LogP contribution >= 0.6 is 0 Å². The van der Waals surface area contributed by atoms with Crippen LogP contribution in [0.3, 0.4) is 0 Å². The van der Waals surface area contributed by atoms with Crippen LogP contribution in [-0.4, -0.2) is 31.6 Å². The Morgan fingerprint density at radius 1 is 0.795 bits per heavy atom. The summed E-state index contributed by atoms with van der Waals surface area (Å²) in [7, 11) is -4.01. The Labute approximate surface area is 227 Å². The number of sulfonamides is 1. The zero-order chi connectivity index (χ0) is 27.8. The Balaban J connectivity index is 1.40. The summed E-state index contributed by atoms with van der Waals surface area (Å²) in [6, 6.07) is 28.9. The first kappa shape index (κ1) is 27.6. The van der Waals surface area contributed by atoms with Gasteiger partial charge in [-0.2, -0.15) is 4.72 Å². The molecule has 0 aromatic heterocycles. The maximum atomic E-state index is 12.8. The lowest BCUT2D eigenvalue weighted by molar-refractivity contribution is -0.138. The van der Waals surface area contributed by atoms with Gasteiger partial charge in [0.2, 0.25) is 10.0 Å². The highest BCUT2D eigenvalue weighted by Gasteiger charge is 2.26. The zero-order valence-corrected chi connectivity index (χ0v) is 22.1. The Hall–Kier alpha value is -4.47. The molecule has 0 aliphatic carbocycles. The molecule has 8 nitrogen and oxygen atoms in total. The van der Waals surface area contributed by atoms with Crippen LogP contribution in [0.1, 0.15) is 16.7 Å². The van der Waals surface area contributed by atoms with Gasteiger partial charge in [0.1, 0.15) is 6.04 Å². The lowest BCUT2D eigenvalue weighted by atomic mass is 10.0. The van der Waals surface area contributed by atoms with Crippen LogP contribution in [0.2, 0.25) is 0 Å². The van der Waals surface area contributed by atoms with Crippen LogP contribution in [0.4, 0.5) is 10.5 Å². The fourth-order valence-electron chi connectivity index (χ4n) is 4.09. The molecule has 0 aliphatic heterocycles. The molecule has 4 aromatic carbocycles. The molecule has 0 aliphatic rings. The second-order valence-electron chi connectivity index (χ2n) is 9.05. The molecule has 0 saturated heterocycles. The summed E-state index contributed by atoms with van der Waals surface area (Å²) in [6.07, 6.45) is -0.0239. The fourth-order valence-corrected chi connectivity index (χ4v) is 5.52. The highest BCUT2D eigenvalue weighted by atomic mass is 32.2. The topological polar surface area (TPSA) is 125 Å². The Morgan fingerprint density at radius 2 is 1.49 bits per heavy atom. The molecule has 1 atom stereocenters. The highest BCUT2D eigenvalue weighted by molar-refractivity contribution is 7.89. The van der Waals surface area contributed by atoms with Gasteiger partial charge in [-0.25, -0.2) is 13.2 Å². The van der Waals surface area contributed by atoms with Gasteiger partial charge in [-0.3, -0.25) is 4.79 Å². The van der Waals surface area contributed by atoms with Crippen molar-refractivity contribution in [2.75, 3.05) is 5.32 Å². The molecule has 4 N–H and O–H groups in total. The van der Waals surface area contributed by atoms with Gasteiger partial charge in [0.25, 0.3) is 0 Å². The van der Waals surface area contributed by atoms with Gasteiger partial charge < -0.3 is 15.7 Å². The minimum atomic E-state index is -4.01. The number of nitrogens with one attached hydrogen (secondary N) is 3. The van der Waals surface area contributed by atoms with Crippen LogP contribution in [-0.2, 0) is 27.8 Å². The normalized spacial score (nSPS) is 11.9. The maximum absolute atomic E-state index is 12.8. The summed E-state index contributed by atoms with van der Waals surface area (Å²) in [5.74, 6) is -1.26. The van der Waals surface area contributed by atoms with E-state index in [0.29, 0.717) is 23.4 Å². The summed E-state index contributed by atoms with van der Waals surface area (Å²) in [4.78, 5) is 24.2. The number of benzene rings is 4. The second-order valence-corrected chi connectivity index (χ2v) is 10.7. The van der Waals surface area contributed by atoms with E-state index in [1.165, 1.54) is 6.07 Å². The SMILES string of the molecule is Cc1ccccc1S(=O)(=O)NC(Cc1ccc(-c2cccc(NC(=O)NCc3ccccc3)c2)cc1)C(=O)O. The average Bonchev–Trinajstić information content (AvgIpc) is 2.93. The second kappa shape index (κ2) is 12.4. The van der Waals surface area contributed by atoms with Crippen LogP contribution in [0, 0.1) is 6.92 Å². The molecule has 2 amide bonds. The highest BCUT2D eigenvalue weighted by Crippen LogP contribution is 2.24. The first-order valence-corrected chi connectivity index (χ1v) is 13.8. The number of urea groups is 1. The van der Waals surface area contributed by atoms with E-state index in [1.807, 2.05) is 60.7 Å². The number of hydrogen-bond donors (Lipinski definition) is 4. The molecule has 0 bridgehead atoms. The van der Waals surface area contributed by atoms with Crippen molar-refractivity contribution in [1.82, 2.24) is 10.0 Å². The molecule has 0 saturated carbocycles. The van der Waals surface area contributed by atoms with E-state index in [9.17, 15) is 23.1 Å². The summed E-state index contributed by atoms with van der Waals surface area (Å²) in [5, 5.41) is 15.3. The number of hydrogen-bond acceptors (Lipinski definition) is 4. The van der Waals surface area contributed by atoms with Crippen molar-refractivity contribution in [3.8, 4) is 11.1 Å². The average molecular weight is 544 g/mol. The van der Waals surface area contributed by atoms with E-state index < -0.39 is 22.0 Å². The van der Waals surface area contributed by atoms with Gasteiger partial charge in [0.15, 0.2) is 0 Å². The van der Waals surface area contributed by atoms with Crippen molar-refractivity contribution in [1.29, 1.82) is 0 Å². The van der Waals surface area contributed by atoms with E-state index in [4.69, 9.17) is 0 Å². The van der Waals surface area contributed by atoms with Crippen molar-refractivity contribution >= 4 is 27.7 Å². The molecule has 0 heterocycles. The van der Waals surface area contributed by atoms with Gasteiger partial charge in [0.05, 0.1) is 4.90 Å². The number of carbonyl (C=O) groups excluding carboxylic acids is 1. The molecule has 0 spiro atoms. The van der Waals surface area contributed by atoms with Crippen molar-refractivity contribution < 1.29 is 23.1 Å². The molecule has 9 heteroatoms. The molecule has 200 valence electrons. The summed E-state index contributed by atoms with van der Waals surface area (Å²) < 4.78 is 27.9. The first-order chi connectivity index (χ1) is 18.7. The van der Waals surface area contributed by atoms with Crippen LogP contribution < -0.4 is 15.4 Å². The lowest BCUT2D eigenvalue weighted by Crippen LogP contribution is -2.42.